The number of aromatic nitrogens is 1. The van der Waals surface area contributed by atoms with Crippen molar-refractivity contribution in [2.24, 2.45) is 0 Å². The number of amides is 1. The molecule has 1 amide bonds. The topological polar surface area (TPSA) is 48.5 Å². The second kappa shape index (κ2) is 9.18. The number of halogens is 3. The minimum atomic E-state index is -0.918. The van der Waals surface area contributed by atoms with Crippen LogP contribution in [0.15, 0.2) is 60.8 Å². The van der Waals surface area contributed by atoms with Crippen LogP contribution in [0.1, 0.15) is 15.9 Å². The molecule has 1 fully saturated rings. The Labute approximate surface area is 178 Å². The van der Waals surface area contributed by atoms with Crippen LogP contribution in [0.5, 0.6) is 0 Å². The maximum atomic E-state index is 13.8. The van der Waals surface area contributed by atoms with E-state index in [-0.39, 0.29) is 11.4 Å². The Morgan fingerprint density at radius 3 is 2.39 bits per heavy atom. The van der Waals surface area contributed by atoms with Crippen LogP contribution < -0.4 is 10.2 Å². The molecule has 1 saturated heterocycles. The Bertz CT molecular complexity index is 1070. The zero-order chi connectivity index (χ0) is 21.8. The summed E-state index contributed by atoms with van der Waals surface area (Å²) in [5.74, 6) is -1.78. The highest BCUT2D eigenvalue weighted by Crippen LogP contribution is 2.19. The van der Waals surface area contributed by atoms with Gasteiger partial charge in [0.05, 0.1) is 17.4 Å². The smallest absolute Gasteiger partial charge is 0.258 e. The summed E-state index contributed by atoms with van der Waals surface area (Å²) in [5, 5.41) is 2.57. The molecule has 2 aromatic carbocycles. The molecule has 160 valence electrons. The average molecular weight is 426 g/mol. The van der Waals surface area contributed by atoms with Crippen LogP contribution in [0.25, 0.3) is 0 Å². The molecular weight excluding hydrogens is 405 g/mol. The van der Waals surface area contributed by atoms with Gasteiger partial charge in [-0.1, -0.05) is 12.1 Å². The molecular formula is C23H21F3N4O. The summed E-state index contributed by atoms with van der Waals surface area (Å²) in [5.41, 5.74) is 1.13. The van der Waals surface area contributed by atoms with Gasteiger partial charge in [0.25, 0.3) is 5.91 Å². The van der Waals surface area contributed by atoms with E-state index in [2.05, 4.69) is 20.1 Å². The molecule has 0 spiro atoms. The van der Waals surface area contributed by atoms with Crippen molar-refractivity contribution < 1.29 is 18.0 Å². The van der Waals surface area contributed by atoms with Gasteiger partial charge in [0, 0.05) is 38.8 Å². The molecule has 31 heavy (non-hydrogen) atoms. The molecule has 8 heteroatoms. The van der Waals surface area contributed by atoms with Crippen LogP contribution in [0.2, 0.25) is 0 Å². The lowest BCUT2D eigenvalue weighted by atomic mass is 10.2. The van der Waals surface area contributed by atoms with Crippen molar-refractivity contribution in [1.82, 2.24) is 9.88 Å². The number of hydrogen-bond acceptors (Lipinski definition) is 4. The maximum absolute atomic E-state index is 13.8. The SMILES string of the molecule is O=C(Nc1ccc(N2CCN(Cc3cccc(F)c3)CC2)nc1)c1ccc(F)cc1F. The van der Waals surface area contributed by atoms with E-state index < -0.39 is 17.5 Å². The van der Waals surface area contributed by atoms with Crippen molar-refractivity contribution >= 4 is 17.4 Å². The molecule has 0 saturated carbocycles. The van der Waals surface area contributed by atoms with Gasteiger partial charge in [-0.15, -0.1) is 0 Å². The van der Waals surface area contributed by atoms with E-state index in [1.807, 2.05) is 6.07 Å². The monoisotopic (exact) mass is 426 g/mol. The van der Waals surface area contributed by atoms with E-state index in [0.717, 1.165) is 49.7 Å². The number of nitrogens with one attached hydrogen (secondary N) is 1. The summed E-state index contributed by atoms with van der Waals surface area (Å²) in [6, 6.07) is 12.9. The molecule has 0 unspecified atom stereocenters. The summed E-state index contributed by atoms with van der Waals surface area (Å²) in [4.78, 5) is 21.0. The normalized spacial score (nSPS) is 14.5. The summed E-state index contributed by atoms with van der Waals surface area (Å²) >= 11 is 0. The molecule has 0 bridgehead atoms. The molecule has 1 aromatic heterocycles. The molecule has 1 N–H and O–H groups in total. The summed E-state index contributed by atoms with van der Waals surface area (Å²) in [6.07, 6.45) is 1.51. The number of nitrogens with zero attached hydrogens (tertiary/aromatic N) is 3. The van der Waals surface area contributed by atoms with E-state index in [1.165, 1.54) is 12.3 Å². The molecule has 0 aliphatic carbocycles. The third-order valence-electron chi connectivity index (χ3n) is 5.17. The molecule has 4 rings (SSSR count). The van der Waals surface area contributed by atoms with Crippen molar-refractivity contribution in [3.05, 3.63) is 89.4 Å². The molecule has 3 aromatic rings. The van der Waals surface area contributed by atoms with Crippen molar-refractivity contribution in [3.8, 4) is 0 Å². The predicted molar refractivity (Wildman–Crippen MR) is 112 cm³/mol. The van der Waals surface area contributed by atoms with Crippen LogP contribution in [0.4, 0.5) is 24.7 Å². The highest BCUT2D eigenvalue weighted by molar-refractivity contribution is 6.04. The second-order valence-electron chi connectivity index (χ2n) is 7.38. The van der Waals surface area contributed by atoms with Crippen LogP contribution in [-0.4, -0.2) is 42.0 Å². The zero-order valence-electron chi connectivity index (χ0n) is 16.7. The van der Waals surface area contributed by atoms with Gasteiger partial charge < -0.3 is 10.2 Å². The van der Waals surface area contributed by atoms with Gasteiger partial charge in [0.15, 0.2) is 0 Å². The van der Waals surface area contributed by atoms with E-state index in [0.29, 0.717) is 18.3 Å². The first kappa shape index (κ1) is 20.9. The molecule has 1 aliphatic heterocycles. The minimum Gasteiger partial charge on any atom is -0.354 e. The fraction of sp³-hybridized carbons (Fsp3) is 0.217. The third kappa shape index (κ3) is 5.21. The fourth-order valence-corrected chi connectivity index (χ4v) is 3.55. The van der Waals surface area contributed by atoms with Gasteiger partial charge in [-0.25, -0.2) is 18.2 Å². The van der Waals surface area contributed by atoms with E-state index >= 15 is 0 Å². The summed E-state index contributed by atoms with van der Waals surface area (Å²) < 4.78 is 40.1. The largest absolute Gasteiger partial charge is 0.354 e. The minimum absolute atomic E-state index is 0.227. The van der Waals surface area contributed by atoms with Crippen molar-refractivity contribution in [2.75, 3.05) is 36.4 Å². The number of piperazine rings is 1. The number of carbonyl (C=O) groups is 1. The van der Waals surface area contributed by atoms with E-state index in [1.54, 1.807) is 24.3 Å². The molecule has 2 heterocycles. The van der Waals surface area contributed by atoms with Gasteiger partial charge in [-0.2, -0.15) is 0 Å². The maximum Gasteiger partial charge on any atom is 0.258 e. The first-order valence-electron chi connectivity index (χ1n) is 9.92. The lowest BCUT2D eigenvalue weighted by Crippen LogP contribution is -2.46. The zero-order valence-corrected chi connectivity index (χ0v) is 16.7. The van der Waals surface area contributed by atoms with Crippen molar-refractivity contribution in [2.45, 2.75) is 6.54 Å². The number of carbonyl (C=O) groups excluding carboxylic acids is 1. The van der Waals surface area contributed by atoms with Crippen molar-refractivity contribution in [3.63, 3.8) is 0 Å². The van der Waals surface area contributed by atoms with Gasteiger partial charge in [-0.05, 0) is 42.0 Å². The van der Waals surface area contributed by atoms with Crippen LogP contribution in [0, 0.1) is 17.5 Å². The Hall–Kier alpha value is -3.39. The second-order valence-corrected chi connectivity index (χ2v) is 7.38. The highest BCUT2D eigenvalue weighted by Gasteiger charge is 2.19. The Morgan fingerprint density at radius 1 is 0.935 bits per heavy atom. The standard InChI is InChI=1S/C23H21F3N4O/c24-17-3-1-2-16(12-17)15-29-8-10-30(11-9-29)22-7-5-19(14-27-22)28-23(31)20-6-4-18(25)13-21(20)26/h1-7,12-14H,8-11,15H2,(H,28,31). The molecule has 1 aliphatic rings. The van der Waals surface area contributed by atoms with Crippen molar-refractivity contribution in [1.29, 1.82) is 0 Å². The quantitative estimate of drug-likeness (QED) is 0.668. The Balaban J connectivity index is 1.32. The first-order chi connectivity index (χ1) is 15.0. The Kier molecular flexibility index (Phi) is 6.18. The molecule has 5 nitrogen and oxygen atoms in total. The summed E-state index contributed by atoms with van der Waals surface area (Å²) in [7, 11) is 0. The van der Waals surface area contributed by atoms with Gasteiger partial charge in [-0.3, -0.25) is 9.69 Å². The average Bonchev–Trinajstić information content (AvgIpc) is 2.75. The van der Waals surface area contributed by atoms with E-state index in [9.17, 15) is 18.0 Å². The number of benzene rings is 2. The van der Waals surface area contributed by atoms with Crippen LogP contribution in [0.3, 0.4) is 0 Å². The number of rotatable bonds is 5. The molecule has 0 atom stereocenters. The van der Waals surface area contributed by atoms with E-state index in [4.69, 9.17) is 0 Å². The lowest BCUT2D eigenvalue weighted by molar-refractivity contribution is 0.102. The summed E-state index contributed by atoms with van der Waals surface area (Å²) in [6.45, 7) is 3.88. The van der Waals surface area contributed by atoms with Gasteiger partial charge in [0.2, 0.25) is 0 Å². The number of anilines is 2. The van der Waals surface area contributed by atoms with Crippen LogP contribution >= 0.6 is 0 Å². The lowest BCUT2D eigenvalue weighted by Gasteiger charge is -2.35. The van der Waals surface area contributed by atoms with Gasteiger partial charge >= 0.3 is 0 Å². The highest BCUT2D eigenvalue weighted by atomic mass is 19.1. The molecule has 0 radical (unpaired) electrons. The Morgan fingerprint density at radius 2 is 1.71 bits per heavy atom. The fourth-order valence-electron chi connectivity index (χ4n) is 3.55. The van der Waals surface area contributed by atoms with Crippen LogP contribution in [-0.2, 0) is 6.54 Å². The predicted octanol–water partition coefficient (Wildman–Crippen LogP) is 4.07. The third-order valence-corrected chi connectivity index (χ3v) is 5.17. The first-order valence-corrected chi connectivity index (χ1v) is 9.92. The number of pyridine rings is 1. The number of hydrogen-bond donors (Lipinski definition) is 1. The van der Waals surface area contributed by atoms with Gasteiger partial charge in [0.1, 0.15) is 23.3 Å².